The fourth-order valence-corrected chi connectivity index (χ4v) is 3.52. The number of aliphatic hydroxyl groups excluding tert-OH is 2. The van der Waals surface area contributed by atoms with Crippen molar-refractivity contribution in [2.45, 2.75) is 53.9 Å². The van der Waals surface area contributed by atoms with Crippen molar-refractivity contribution < 1.29 is 24.2 Å². The second-order valence-corrected chi connectivity index (χ2v) is 11.2. The average Bonchev–Trinajstić information content (AvgIpc) is 3.38. The van der Waals surface area contributed by atoms with E-state index in [2.05, 4.69) is 50.2 Å². The van der Waals surface area contributed by atoms with Crippen LogP contribution in [-0.2, 0) is 9.59 Å². The molecule has 0 radical (unpaired) electrons. The molecule has 0 aliphatic carbocycles. The maximum absolute atomic E-state index is 13.9. The molecule has 0 unspecified atom stereocenters. The fraction of sp³-hybridized carbons (Fsp3) is 0.533. The van der Waals surface area contributed by atoms with E-state index in [0.29, 0.717) is 35.5 Å². The van der Waals surface area contributed by atoms with Crippen LogP contribution in [0.3, 0.4) is 0 Å². The van der Waals surface area contributed by atoms with Crippen molar-refractivity contribution in [1.82, 2.24) is 10.6 Å². The minimum atomic E-state index is -0.481. The third-order valence-electron chi connectivity index (χ3n) is 5.08. The maximum atomic E-state index is 13.9. The highest BCUT2D eigenvalue weighted by molar-refractivity contribution is 6.31. The molecular formula is C30H48Cl2FN3O4. The first kappa shape index (κ1) is 39.9. The minimum Gasteiger partial charge on any atom is -0.396 e. The molecule has 1 aromatic carbocycles. The van der Waals surface area contributed by atoms with Crippen LogP contribution in [0, 0.1) is 23.1 Å². The quantitative estimate of drug-likeness (QED) is 0.148. The summed E-state index contributed by atoms with van der Waals surface area (Å²) < 4.78 is 13.9. The van der Waals surface area contributed by atoms with Gasteiger partial charge in [0.15, 0.2) is 0 Å². The molecule has 0 aromatic heterocycles. The summed E-state index contributed by atoms with van der Waals surface area (Å²) in [7, 11) is 0. The topological polar surface area (TPSA) is 111 Å². The molecule has 5 N–H and O–H groups in total. The molecule has 2 rings (SSSR count). The van der Waals surface area contributed by atoms with E-state index in [1.807, 2.05) is 26.0 Å². The number of rotatable bonds is 12. The Balaban J connectivity index is 0. The number of hydrogen-bond donors (Lipinski definition) is 5. The Kier molecular flexibility index (Phi) is 23.4. The van der Waals surface area contributed by atoms with Gasteiger partial charge >= 0.3 is 0 Å². The molecule has 228 valence electrons. The second kappa shape index (κ2) is 23.5. The van der Waals surface area contributed by atoms with Crippen LogP contribution in [0.25, 0.3) is 0 Å². The number of carbonyl (C=O) groups excluding carboxylic acids is 2. The number of carbonyl (C=O) groups is 2. The molecule has 1 aliphatic heterocycles. The number of allylic oxidation sites excluding steroid dienone is 5. The standard InChI is InChI=1S/C18H19Cl2FN2O.C5H11NO3.C5H12.C2H6/c1-2-13(19)6-4-3-5-12-9-22-10-15(12)14-7-17(21)16(20)8-18(14)23-11-24;7-2-5(3-8)1-6-4-9;1-5(2,3)4;1-2/h2-4,6-8,11-12,15,22H,1,5,9-10H2,(H,23,24);4-5,7-8H,1-3H2,(H,6,9);1-4H3;1-2H3/b4-3-,13-6+;;;/t12-,15+;;;/m0.../s1. The van der Waals surface area contributed by atoms with E-state index in [1.54, 1.807) is 12.2 Å². The van der Waals surface area contributed by atoms with Gasteiger partial charge in [-0.2, -0.15) is 0 Å². The molecule has 1 fully saturated rings. The van der Waals surface area contributed by atoms with Gasteiger partial charge in [-0.05, 0) is 48.1 Å². The highest BCUT2D eigenvalue weighted by Crippen LogP contribution is 2.37. The Hall–Kier alpha value is -2.23. The van der Waals surface area contributed by atoms with Crippen molar-refractivity contribution in [2.24, 2.45) is 17.3 Å². The van der Waals surface area contributed by atoms with Crippen LogP contribution in [0.4, 0.5) is 10.1 Å². The van der Waals surface area contributed by atoms with Gasteiger partial charge in [0, 0.05) is 48.9 Å². The van der Waals surface area contributed by atoms with Crippen molar-refractivity contribution in [3.8, 4) is 0 Å². The zero-order valence-corrected chi connectivity index (χ0v) is 26.2. The molecular weight excluding hydrogens is 556 g/mol. The minimum absolute atomic E-state index is 0.00490. The van der Waals surface area contributed by atoms with E-state index < -0.39 is 5.82 Å². The van der Waals surface area contributed by atoms with Gasteiger partial charge in [0.25, 0.3) is 0 Å². The summed E-state index contributed by atoms with van der Waals surface area (Å²) in [6, 6.07) is 2.87. The average molecular weight is 605 g/mol. The highest BCUT2D eigenvalue weighted by Gasteiger charge is 2.30. The van der Waals surface area contributed by atoms with E-state index in [-0.39, 0.29) is 36.0 Å². The lowest BCUT2D eigenvalue weighted by Crippen LogP contribution is -2.26. The monoisotopic (exact) mass is 603 g/mol. The Bertz CT molecular complexity index is 911. The molecule has 1 aliphatic rings. The largest absolute Gasteiger partial charge is 0.396 e. The first-order valence-electron chi connectivity index (χ1n) is 13.3. The van der Waals surface area contributed by atoms with E-state index >= 15 is 0 Å². The molecule has 2 atom stereocenters. The van der Waals surface area contributed by atoms with Crippen LogP contribution >= 0.6 is 23.2 Å². The number of aliphatic hydroxyl groups is 2. The lowest BCUT2D eigenvalue weighted by Gasteiger charge is -2.21. The predicted molar refractivity (Wildman–Crippen MR) is 166 cm³/mol. The number of hydrogen-bond acceptors (Lipinski definition) is 5. The highest BCUT2D eigenvalue weighted by atomic mass is 35.5. The summed E-state index contributed by atoms with van der Waals surface area (Å²) in [6.45, 7) is 18.0. The predicted octanol–water partition coefficient (Wildman–Crippen LogP) is 6.02. The van der Waals surface area contributed by atoms with E-state index in [0.717, 1.165) is 25.1 Å². The van der Waals surface area contributed by atoms with Crippen molar-refractivity contribution in [2.75, 3.05) is 38.2 Å². The first-order chi connectivity index (χ1) is 18.9. The molecule has 10 heteroatoms. The molecule has 1 heterocycles. The van der Waals surface area contributed by atoms with Gasteiger partial charge in [0.1, 0.15) is 5.82 Å². The molecule has 0 saturated carbocycles. The summed E-state index contributed by atoms with van der Waals surface area (Å²) in [5.74, 6) is -0.340. The summed E-state index contributed by atoms with van der Waals surface area (Å²) in [5, 5.41) is 25.7. The van der Waals surface area contributed by atoms with Crippen LogP contribution in [0.5, 0.6) is 0 Å². The summed E-state index contributed by atoms with van der Waals surface area (Å²) in [4.78, 5) is 20.5. The summed E-state index contributed by atoms with van der Waals surface area (Å²) in [5.41, 5.74) is 1.81. The SMILES string of the molecule is C=C/C(Cl)=C\C=C/C[C@H]1CNC[C@H]1c1cc(F)c(Cl)cc1NC=O.CC.CC(C)(C)C.O=CNCC(CO)CO. The summed E-state index contributed by atoms with van der Waals surface area (Å²) >= 11 is 11.7. The van der Waals surface area contributed by atoms with Crippen LogP contribution in [0.15, 0.2) is 48.0 Å². The number of halogens is 3. The van der Waals surface area contributed by atoms with Crippen molar-refractivity contribution in [1.29, 1.82) is 0 Å². The van der Waals surface area contributed by atoms with Gasteiger partial charge in [-0.15, -0.1) is 0 Å². The Labute approximate surface area is 249 Å². The smallest absolute Gasteiger partial charge is 0.211 e. The van der Waals surface area contributed by atoms with Crippen molar-refractivity contribution >= 4 is 41.7 Å². The zero-order chi connectivity index (χ0) is 31.1. The zero-order valence-electron chi connectivity index (χ0n) is 24.6. The van der Waals surface area contributed by atoms with Crippen molar-refractivity contribution in [3.05, 3.63) is 64.5 Å². The van der Waals surface area contributed by atoms with Gasteiger partial charge in [0.2, 0.25) is 12.8 Å². The lowest BCUT2D eigenvalue weighted by molar-refractivity contribution is -0.109. The molecule has 2 amide bonds. The number of anilines is 1. The van der Waals surface area contributed by atoms with Gasteiger partial charge in [0.05, 0.1) is 5.02 Å². The number of amides is 2. The number of nitrogens with one attached hydrogen (secondary N) is 3. The lowest BCUT2D eigenvalue weighted by atomic mass is 9.85. The third-order valence-corrected chi connectivity index (χ3v) is 5.65. The molecule has 0 bridgehead atoms. The Morgan fingerprint density at radius 3 is 2.27 bits per heavy atom. The van der Waals surface area contributed by atoms with Gasteiger partial charge in [-0.3, -0.25) is 9.59 Å². The van der Waals surface area contributed by atoms with Crippen LogP contribution in [-0.4, -0.2) is 55.9 Å². The van der Waals surface area contributed by atoms with Crippen LogP contribution in [0.1, 0.15) is 59.4 Å². The molecule has 40 heavy (non-hydrogen) atoms. The summed E-state index contributed by atoms with van der Waals surface area (Å²) in [6.07, 6.45) is 9.17. The van der Waals surface area contributed by atoms with Gasteiger partial charge in [-0.25, -0.2) is 4.39 Å². The first-order valence-corrected chi connectivity index (χ1v) is 14.1. The molecule has 0 spiro atoms. The second-order valence-electron chi connectivity index (χ2n) is 10.3. The molecule has 1 aromatic rings. The van der Waals surface area contributed by atoms with Gasteiger partial charge in [-0.1, -0.05) is 89.6 Å². The van der Waals surface area contributed by atoms with Crippen LogP contribution in [0.2, 0.25) is 5.02 Å². The molecule has 1 saturated heterocycles. The molecule has 7 nitrogen and oxygen atoms in total. The van der Waals surface area contributed by atoms with Gasteiger partial charge < -0.3 is 26.2 Å². The number of benzene rings is 1. The maximum Gasteiger partial charge on any atom is 0.211 e. The van der Waals surface area contributed by atoms with E-state index in [1.165, 1.54) is 12.1 Å². The van der Waals surface area contributed by atoms with Crippen LogP contribution < -0.4 is 16.0 Å². The normalized spacial score (nSPS) is 16.6. The Morgan fingerprint density at radius 1 is 1.18 bits per heavy atom. The van der Waals surface area contributed by atoms with E-state index in [9.17, 15) is 14.0 Å². The third kappa shape index (κ3) is 19.0. The van der Waals surface area contributed by atoms with E-state index in [4.69, 9.17) is 33.4 Å². The Morgan fingerprint density at radius 2 is 1.77 bits per heavy atom. The fourth-order valence-electron chi connectivity index (χ4n) is 3.29. The van der Waals surface area contributed by atoms with Crippen molar-refractivity contribution in [3.63, 3.8) is 0 Å².